The summed E-state index contributed by atoms with van der Waals surface area (Å²) in [5.74, 6) is -0.628. The zero-order valence-corrected chi connectivity index (χ0v) is 13.1. The number of nitrogens with zero attached hydrogens (tertiary/aromatic N) is 2. The van der Waals surface area contributed by atoms with Gasteiger partial charge in [0.25, 0.3) is 0 Å². The third kappa shape index (κ3) is 4.30. The van der Waals surface area contributed by atoms with Crippen LogP contribution in [0, 0.1) is 5.92 Å². The first-order chi connectivity index (χ1) is 10.5. The molecule has 0 saturated carbocycles. The first-order valence-electron chi connectivity index (χ1n) is 7.03. The Labute approximate surface area is 132 Å². The van der Waals surface area contributed by atoms with Crippen molar-refractivity contribution in [2.24, 2.45) is 5.92 Å². The maximum absolute atomic E-state index is 12.1. The Balaban J connectivity index is 2.04. The van der Waals surface area contributed by atoms with Crippen LogP contribution in [-0.2, 0) is 20.8 Å². The Morgan fingerprint density at radius 2 is 2.27 bits per heavy atom. The molecule has 0 radical (unpaired) electrons. The van der Waals surface area contributed by atoms with Gasteiger partial charge in [-0.05, 0) is 18.1 Å². The number of rotatable bonds is 6. The van der Waals surface area contributed by atoms with Crippen LogP contribution in [0.1, 0.15) is 19.0 Å². The van der Waals surface area contributed by atoms with E-state index in [1.54, 1.807) is 24.4 Å². The van der Waals surface area contributed by atoms with Crippen molar-refractivity contribution in [3.8, 4) is 0 Å². The minimum Gasteiger partial charge on any atom is -0.480 e. The van der Waals surface area contributed by atoms with Crippen molar-refractivity contribution < 1.29 is 19.5 Å². The van der Waals surface area contributed by atoms with E-state index in [2.05, 4.69) is 4.98 Å². The van der Waals surface area contributed by atoms with Crippen LogP contribution in [0.4, 0.5) is 0 Å². The van der Waals surface area contributed by atoms with Crippen LogP contribution in [0.3, 0.4) is 0 Å². The molecule has 1 aliphatic rings. The van der Waals surface area contributed by atoms with Crippen molar-refractivity contribution in [3.63, 3.8) is 0 Å². The molecule has 1 saturated heterocycles. The van der Waals surface area contributed by atoms with Crippen LogP contribution in [0.5, 0.6) is 0 Å². The van der Waals surface area contributed by atoms with Gasteiger partial charge in [-0.1, -0.05) is 17.8 Å². The fourth-order valence-corrected chi connectivity index (χ4v) is 3.20. The number of aliphatic carboxylic acids is 1. The monoisotopic (exact) mass is 322 g/mol. The number of carbonyl (C=O) groups is 3. The van der Waals surface area contributed by atoms with Gasteiger partial charge in [0.05, 0.1) is 0 Å². The molecular weight excluding hydrogens is 304 g/mol. The molecule has 6 nitrogen and oxygen atoms in total. The van der Waals surface area contributed by atoms with E-state index >= 15 is 0 Å². The molecule has 2 heterocycles. The highest BCUT2D eigenvalue weighted by atomic mass is 32.2. The number of carboxylic acid groups (broad SMARTS) is 1. The van der Waals surface area contributed by atoms with Crippen LogP contribution >= 0.6 is 11.8 Å². The van der Waals surface area contributed by atoms with Crippen molar-refractivity contribution in [2.45, 2.75) is 25.8 Å². The Morgan fingerprint density at radius 3 is 2.86 bits per heavy atom. The van der Waals surface area contributed by atoms with E-state index in [0.717, 1.165) is 0 Å². The molecule has 1 amide bonds. The van der Waals surface area contributed by atoms with Crippen LogP contribution in [0.25, 0.3) is 0 Å². The van der Waals surface area contributed by atoms with Gasteiger partial charge in [-0.15, -0.1) is 0 Å². The normalized spacial score (nSPS) is 19.2. The lowest BCUT2D eigenvalue weighted by Crippen LogP contribution is -2.44. The highest BCUT2D eigenvalue weighted by Gasteiger charge is 2.37. The summed E-state index contributed by atoms with van der Waals surface area (Å²) >= 11 is 1.18. The first-order valence-corrected chi connectivity index (χ1v) is 8.01. The van der Waals surface area contributed by atoms with E-state index in [1.165, 1.54) is 23.6 Å². The Hall–Kier alpha value is -1.89. The van der Waals surface area contributed by atoms with Gasteiger partial charge in [0.1, 0.15) is 6.04 Å². The van der Waals surface area contributed by atoms with E-state index in [0.29, 0.717) is 24.4 Å². The first kappa shape index (κ1) is 16.5. The fourth-order valence-electron chi connectivity index (χ4n) is 2.50. The summed E-state index contributed by atoms with van der Waals surface area (Å²) in [6, 6.07) is 4.39. The summed E-state index contributed by atoms with van der Waals surface area (Å²) in [6.07, 6.45) is 2.09. The molecule has 0 aliphatic carbocycles. The van der Waals surface area contributed by atoms with Gasteiger partial charge >= 0.3 is 5.97 Å². The lowest BCUT2D eigenvalue weighted by atomic mass is 10.1. The third-order valence-corrected chi connectivity index (χ3v) is 4.60. The largest absolute Gasteiger partial charge is 0.480 e. The lowest BCUT2D eigenvalue weighted by molar-refractivity contribution is -0.148. The minimum atomic E-state index is -1.03. The zero-order valence-electron chi connectivity index (χ0n) is 12.3. The summed E-state index contributed by atoms with van der Waals surface area (Å²) in [6.45, 7) is 1.86. The molecule has 0 spiro atoms. The molecule has 22 heavy (non-hydrogen) atoms. The van der Waals surface area contributed by atoms with E-state index < -0.39 is 12.0 Å². The minimum absolute atomic E-state index is 0.00849. The predicted octanol–water partition coefficient (Wildman–Crippen LogP) is 1.21. The van der Waals surface area contributed by atoms with Gasteiger partial charge in [-0.2, -0.15) is 0 Å². The summed E-state index contributed by atoms with van der Waals surface area (Å²) in [5, 5.41) is 9.44. The lowest BCUT2D eigenvalue weighted by Gasteiger charge is -2.24. The van der Waals surface area contributed by atoms with Gasteiger partial charge in [0, 0.05) is 44.0 Å². The third-order valence-electron chi connectivity index (χ3n) is 3.55. The number of likely N-dealkylation sites (tertiary alicyclic amines) is 1. The highest BCUT2D eigenvalue weighted by molar-refractivity contribution is 8.13. The molecule has 7 heteroatoms. The number of pyridine rings is 1. The molecule has 118 valence electrons. The summed E-state index contributed by atoms with van der Waals surface area (Å²) in [4.78, 5) is 40.2. The van der Waals surface area contributed by atoms with E-state index in [-0.39, 0.29) is 23.4 Å². The second-order valence-electron chi connectivity index (χ2n) is 5.30. The molecule has 0 aromatic carbocycles. The molecule has 0 bridgehead atoms. The highest BCUT2D eigenvalue weighted by Crippen LogP contribution is 2.25. The van der Waals surface area contributed by atoms with Gasteiger partial charge in [-0.25, -0.2) is 4.79 Å². The Morgan fingerprint density at radius 1 is 1.50 bits per heavy atom. The van der Waals surface area contributed by atoms with Crippen LogP contribution in [0.2, 0.25) is 0 Å². The maximum Gasteiger partial charge on any atom is 0.326 e. The van der Waals surface area contributed by atoms with Gasteiger partial charge in [-0.3, -0.25) is 14.6 Å². The number of aromatic nitrogens is 1. The zero-order chi connectivity index (χ0) is 16.1. The standard InChI is InChI=1S/C15H18N2O4S/c1-10(18)22-9-11-6-14(19)17(8-11)13(15(20)21)7-12-4-2-3-5-16-12/h2-5,11,13H,6-9H2,1H3,(H,20,21)/t11?,13-/m0/s1. The van der Waals surface area contributed by atoms with Crippen LogP contribution in [0.15, 0.2) is 24.4 Å². The SMILES string of the molecule is CC(=O)SCC1CC(=O)N([C@@H](Cc2ccccn2)C(=O)O)C1. The molecular formula is C15H18N2O4S. The summed E-state index contributed by atoms with van der Waals surface area (Å²) in [5.41, 5.74) is 0.643. The second kappa shape index (κ2) is 7.40. The van der Waals surface area contributed by atoms with Crippen molar-refractivity contribution in [2.75, 3.05) is 12.3 Å². The van der Waals surface area contributed by atoms with E-state index in [1.807, 2.05) is 0 Å². The molecule has 1 aliphatic heterocycles. The molecule has 1 N–H and O–H groups in total. The maximum atomic E-state index is 12.1. The molecule has 1 unspecified atom stereocenters. The average Bonchev–Trinajstić information content (AvgIpc) is 2.84. The molecule has 1 fully saturated rings. The number of amides is 1. The number of hydrogen-bond donors (Lipinski definition) is 1. The Bertz CT molecular complexity index is 564. The van der Waals surface area contributed by atoms with Gasteiger partial charge in [0.15, 0.2) is 5.12 Å². The summed E-state index contributed by atoms with van der Waals surface area (Å²) in [7, 11) is 0. The average molecular weight is 322 g/mol. The van der Waals surface area contributed by atoms with Crippen molar-refractivity contribution in [3.05, 3.63) is 30.1 Å². The number of carbonyl (C=O) groups excluding carboxylic acids is 2. The Kier molecular flexibility index (Phi) is 5.54. The van der Waals surface area contributed by atoms with E-state index in [4.69, 9.17) is 0 Å². The molecule has 2 rings (SSSR count). The quantitative estimate of drug-likeness (QED) is 0.847. The fraction of sp³-hybridized carbons (Fsp3) is 0.467. The smallest absolute Gasteiger partial charge is 0.326 e. The van der Waals surface area contributed by atoms with Crippen molar-refractivity contribution in [1.29, 1.82) is 0 Å². The number of hydrogen-bond acceptors (Lipinski definition) is 5. The summed E-state index contributed by atoms with van der Waals surface area (Å²) < 4.78 is 0. The van der Waals surface area contributed by atoms with Crippen molar-refractivity contribution in [1.82, 2.24) is 9.88 Å². The van der Waals surface area contributed by atoms with Crippen LogP contribution < -0.4 is 0 Å². The van der Waals surface area contributed by atoms with Gasteiger partial charge < -0.3 is 10.0 Å². The molecule has 1 aromatic rings. The van der Waals surface area contributed by atoms with Crippen molar-refractivity contribution >= 4 is 28.8 Å². The number of thioether (sulfide) groups is 1. The molecule has 1 aromatic heterocycles. The predicted molar refractivity (Wildman–Crippen MR) is 82.3 cm³/mol. The topological polar surface area (TPSA) is 87.6 Å². The number of carboxylic acids is 1. The molecule has 2 atom stereocenters. The van der Waals surface area contributed by atoms with Crippen LogP contribution in [-0.4, -0.2) is 50.3 Å². The second-order valence-corrected chi connectivity index (χ2v) is 6.49. The van der Waals surface area contributed by atoms with E-state index in [9.17, 15) is 19.5 Å². The van der Waals surface area contributed by atoms with Gasteiger partial charge in [0.2, 0.25) is 5.91 Å².